The van der Waals surface area contributed by atoms with Crippen LogP contribution in [0.3, 0.4) is 0 Å². The van der Waals surface area contributed by atoms with Crippen LogP contribution in [-0.2, 0) is 5.41 Å². The van der Waals surface area contributed by atoms with Crippen molar-refractivity contribution in [3.63, 3.8) is 0 Å². The van der Waals surface area contributed by atoms with Gasteiger partial charge in [0.25, 0.3) is 5.78 Å². The van der Waals surface area contributed by atoms with Gasteiger partial charge in [-0.1, -0.05) is 13.8 Å². The normalized spacial score (nSPS) is 13.3. The molecule has 5 nitrogen and oxygen atoms in total. The fraction of sp³-hybridized carbons (Fsp3) is 0.545. The van der Waals surface area contributed by atoms with E-state index in [9.17, 15) is 0 Å². The summed E-state index contributed by atoms with van der Waals surface area (Å²) in [6, 6.07) is 1.86. The highest BCUT2D eigenvalue weighted by atomic mass is 15.3. The van der Waals surface area contributed by atoms with Crippen molar-refractivity contribution in [2.24, 2.45) is 5.73 Å². The van der Waals surface area contributed by atoms with Crippen LogP contribution in [0.4, 0.5) is 0 Å². The van der Waals surface area contributed by atoms with Gasteiger partial charge in [-0.25, -0.2) is 4.98 Å². The number of rotatable bonds is 2. The predicted molar refractivity (Wildman–Crippen MR) is 62.1 cm³/mol. The summed E-state index contributed by atoms with van der Waals surface area (Å²) >= 11 is 0. The fourth-order valence-electron chi connectivity index (χ4n) is 1.46. The van der Waals surface area contributed by atoms with Crippen LogP contribution < -0.4 is 5.73 Å². The van der Waals surface area contributed by atoms with Crippen molar-refractivity contribution in [2.45, 2.75) is 38.6 Å². The number of fused-ring (bicyclic) bond motifs is 1. The van der Waals surface area contributed by atoms with Crippen molar-refractivity contribution >= 4 is 5.78 Å². The first kappa shape index (κ1) is 11.0. The summed E-state index contributed by atoms with van der Waals surface area (Å²) in [6.07, 6.45) is 3.61. The minimum atomic E-state index is -0.383. The largest absolute Gasteiger partial charge is 0.325 e. The minimum absolute atomic E-state index is 0.282. The predicted octanol–water partition coefficient (Wildman–Crippen LogP) is 1.14. The van der Waals surface area contributed by atoms with Gasteiger partial charge in [0.15, 0.2) is 0 Å². The Hall–Kier alpha value is -1.49. The molecule has 0 bridgehead atoms. The van der Waals surface area contributed by atoms with Gasteiger partial charge in [0.1, 0.15) is 5.82 Å². The van der Waals surface area contributed by atoms with Crippen LogP contribution in [0.5, 0.6) is 0 Å². The molecule has 0 spiro atoms. The molecule has 0 amide bonds. The molecule has 5 heteroatoms. The lowest BCUT2D eigenvalue weighted by molar-refractivity contribution is 0.289. The molecule has 0 aromatic carbocycles. The van der Waals surface area contributed by atoms with Gasteiger partial charge in [0, 0.05) is 23.3 Å². The van der Waals surface area contributed by atoms with Crippen molar-refractivity contribution in [2.75, 3.05) is 0 Å². The zero-order chi connectivity index (χ0) is 12.0. The lowest BCUT2D eigenvalue weighted by Crippen LogP contribution is -2.51. The van der Waals surface area contributed by atoms with E-state index in [0.717, 1.165) is 5.82 Å². The first-order chi connectivity index (χ1) is 7.34. The molecule has 86 valence electrons. The lowest BCUT2D eigenvalue weighted by Gasteiger charge is -2.36. The maximum absolute atomic E-state index is 6.19. The van der Waals surface area contributed by atoms with Crippen LogP contribution in [-0.4, -0.2) is 25.1 Å². The highest BCUT2D eigenvalue weighted by Gasteiger charge is 2.39. The van der Waals surface area contributed by atoms with E-state index in [2.05, 4.69) is 29.0 Å². The average Bonchev–Trinajstić information content (AvgIpc) is 2.59. The zero-order valence-electron chi connectivity index (χ0n) is 10.1. The molecule has 2 rings (SSSR count). The summed E-state index contributed by atoms with van der Waals surface area (Å²) in [4.78, 5) is 4.15. The van der Waals surface area contributed by atoms with Crippen LogP contribution in [0.1, 0.15) is 33.5 Å². The van der Waals surface area contributed by atoms with Gasteiger partial charge in [0.05, 0.1) is 0 Å². The maximum Gasteiger partial charge on any atom is 0.254 e. The van der Waals surface area contributed by atoms with Gasteiger partial charge in [0.2, 0.25) is 0 Å². The summed E-state index contributed by atoms with van der Waals surface area (Å²) in [5.74, 6) is 1.44. The SMILES string of the molecule is CC(C)(N)C(C)(C)c1nnc2ncccn12. The van der Waals surface area contributed by atoms with E-state index < -0.39 is 0 Å². The number of nitrogens with two attached hydrogens (primary N) is 1. The molecule has 16 heavy (non-hydrogen) atoms. The number of nitrogens with zero attached hydrogens (tertiary/aromatic N) is 4. The van der Waals surface area contributed by atoms with Gasteiger partial charge in [-0.05, 0) is 19.9 Å². The van der Waals surface area contributed by atoms with Crippen LogP contribution in [0, 0.1) is 0 Å². The lowest BCUT2D eigenvalue weighted by atomic mass is 9.74. The van der Waals surface area contributed by atoms with Gasteiger partial charge in [-0.15, -0.1) is 10.2 Å². The monoisotopic (exact) mass is 219 g/mol. The molecule has 0 unspecified atom stereocenters. The first-order valence-electron chi connectivity index (χ1n) is 5.29. The molecule has 2 N–H and O–H groups in total. The molecule has 0 saturated heterocycles. The van der Waals surface area contributed by atoms with Gasteiger partial charge in [-0.2, -0.15) is 0 Å². The van der Waals surface area contributed by atoms with Crippen LogP contribution >= 0.6 is 0 Å². The molecular weight excluding hydrogens is 202 g/mol. The Bertz CT molecular complexity index is 506. The van der Waals surface area contributed by atoms with E-state index in [0.29, 0.717) is 5.78 Å². The molecule has 0 fully saturated rings. The van der Waals surface area contributed by atoms with Crippen LogP contribution in [0.2, 0.25) is 0 Å². The van der Waals surface area contributed by atoms with Crippen molar-refractivity contribution in [1.29, 1.82) is 0 Å². The van der Waals surface area contributed by atoms with Crippen molar-refractivity contribution in [3.8, 4) is 0 Å². The molecule has 0 aliphatic rings. The Morgan fingerprint density at radius 3 is 2.50 bits per heavy atom. The Labute approximate surface area is 94.7 Å². The Balaban J connectivity index is 2.64. The van der Waals surface area contributed by atoms with E-state index in [1.807, 2.05) is 30.5 Å². The van der Waals surface area contributed by atoms with E-state index >= 15 is 0 Å². The molecule has 0 aliphatic heterocycles. The Morgan fingerprint density at radius 1 is 1.19 bits per heavy atom. The van der Waals surface area contributed by atoms with Crippen LogP contribution in [0.15, 0.2) is 18.5 Å². The molecule has 0 radical (unpaired) electrons. The molecule has 0 saturated carbocycles. The summed E-state index contributed by atoms with van der Waals surface area (Å²) < 4.78 is 1.88. The molecule has 2 aromatic heterocycles. The average molecular weight is 219 g/mol. The molecule has 0 atom stereocenters. The number of hydrogen-bond acceptors (Lipinski definition) is 4. The highest BCUT2D eigenvalue weighted by Crippen LogP contribution is 2.31. The van der Waals surface area contributed by atoms with Gasteiger partial charge < -0.3 is 5.73 Å². The number of aromatic nitrogens is 4. The van der Waals surface area contributed by atoms with E-state index in [-0.39, 0.29) is 11.0 Å². The third-order valence-electron chi connectivity index (χ3n) is 3.36. The second-order valence-corrected chi connectivity index (χ2v) is 5.16. The topological polar surface area (TPSA) is 69.1 Å². The summed E-state index contributed by atoms with van der Waals surface area (Å²) in [5.41, 5.74) is 5.53. The van der Waals surface area contributed by atoms with Crippen molar-refractivity contribution in [3.05, 3.63) is 24.3 Å². The molecule has 0 aliphatic carbocycles. The summed E-state index contributed by atoms with van der Waals surface area (Å²) in [7, 11) is 0. The van der Waals surface area contributed by atoms with Crippen molar-refractivity contribution < 1.29 is 0 Å². The molecule has 2 heterocycles. The van der Waals surface area contributed by atoms with E-state index in [4.69, 9.17) is 5.73 Å². The van der Waals surface area contributed by atoms with E-state index in [1.165, 1.54) is 0 Å². The molecule has 2 aromatic rings. The minimum Gasteiger partial charge on any atom is -0.325 e. The second kappa shape index (κ2) is 3.25. The Kier molecular flexibility index (Phi) is 2.24. The van der Waals surface area contributed by atoms with Gasteiger partial charge in [-0.3, -0.25) is 4.40 Å². The molecular formula is C11H17N5. The summed E-state index contributed by atoms with van der Waals surface area (Å²) in [6.45, 7) is 8.11. The second-order valence-electron chi connectivity index (χ2n) is 5.16. The van der Waals surface area contributed by atoms with E-state index in [1.54, 1.807) is 6.20 Å². The first-order valence-corrected chi connectivity index (χ1v) is 5.29. The quantitative estimate of drug-likeness (QED) is 0.822. The third kappa shape index (κ3) is 1.48. The zero-order valence-corrected chi connectivity index (χ0v) is 10.1. The number of hydrogen-bond donors (Lipinski definition) is 1. The highest BCUT2D eigenvalue weighted by molar-refractivity contribution is 5.30. The van der Waals surface area contributed by atoms with Crippen molar-refractivity contribution in [1.82, 2.24) is 19.6 Å². The maximum atomic E-state index is 6.19. The third-order valence-corrected chi connectivity index (χ3v) is 3.36. The standard InChI is InChI=1S/C11H17N5/c1-10(2,11(3,4)12)8-14-15-9-13-6-5-7-16(8)9/h5-7H,12H2,1-4H3. The fourth-order valence-corrected chi connectivity index (χ4v) is 1.46. The smallest absolute Gasteiger partial charge is 0.254 e. The summed E-state index contributed by atoms with van der Waals surface area (Å²) in [5, 5.41) is 8.25. The Morgan fingerprint density at radius 2 is 1.88 bits per heavy atom. The van der Waals surface area contributed by atoms with Crippen LogP contribution in [0.25, 0.3) is 5.78 Å². The van der Waals surface area contributed by atoms with Gasteiger partial charge >= 0.3 is 0 Å².